The Morgan fingerprint density at radius 2 is 1.75 bits per heavy atom. The molecule has 1 aliphatic heterocycles. The molecule has 178 valence electrons. The second-order valence-corrected chi connectivity index (χ2v) is 11.2. The number of halogens is 1. The third-order valence-corrected chi connectivity index (χ3v) is 7.02. The molecule has 3 rings (SSSR count). The highest BCUT2D eigenvalue weighted by Gasteiger charge is 2.48. The van der Waals surface area contributed by atoms with E-state index in [0.717, 1.165) is 31.2 Å². The van der Waals surface area contributed by atoms with E-state index in [2.05, 4.69) is 5.32 Å². The summed E-state index contributed by atoms with van der Waals surface area (Å²) in [5.74, 6) is -0.275. The lowest BCUT2D eigenvalue weighted by molar-refractivity contribution is -0.152. The van der Waals surface area contributed by atoms with Crippen LogP contribution >= 0.6 is 11.6 Å². The van der Waals surface area contributed by atoms with E-state index in [0.29, 0.717) is 18.0 Å². The maximum Gasteiger partial charge on any atom is 0.407 e. The van der Waals surface area contributed by atoms with Crippen LogP contribution < -0.4 is 5.32 Å². The Morgan fingerprint density at radius 3 is 2.38 bits per heavy atom. The number of aliphatic hydroxyl groups excluding tert-OH is 1. The first kappa shape index (κ1) is 24.8. The SMILES string of the molecule is CC(C)(C)OC(=O)N[C@@H]1CCCC[C@@H]1C(=O)N1CCC(O)C(C)(C)[C@@H]1c1ccc(Cl)cc1. The number of rotatable bonds is 3. The molecule has 1 saturated heterocycles. The Morgan fingerprint density at radius 1 is 1.12 bits per heavy atom. The maximum atomic E-state index is 13.9. The zero-order chi connectivity index (χ0) is 23.7. The molecule has 1 aromatic carbocycles. The van der Waals surface area contributed by atoms with E-state index >= 15 is 0 Å². The average molecular weight is 465 g/mol. The molecule has 1 heterocycles. The molecule has 2 N–H and O–H groups in total. The number of nitrogens with zero attached hydrogens (tertiary/aromatic N) is 1. The summed E-state index contributed by atoms with van der Waals surface area (Å²) in [5, 5.41) is 14.4. The highest BCUT2D eigenvalue weighted by atomic mass is 35.5. The zero-order valence-corrected chi connectivity index (χ0v) is 20.6. The molecule has 1 unspecified atom stereocenters. The van der Waals surface area contributed by atoms with Gasteiger partial charge in [-0.25, -0.2) is 4.79 Å². The Labute approximate surface area is 196 Å². The fraction of sp³-hybridized carbons (Fsp3) is 0.680. The number of hydrogen-bond donors (Lipinski definition) is 2. The van der Waals surface area contributed by atoms with Crippen molar-refractivity contribution >= 4 is 23.6 Å². The minimum absolute atomic E-state index is 0.0330. The number of benzene rings is 1. The second kappa shape index (κ2) is 9.60. The molecule has 32 heavy (non-hydrogen) atoms. The molecular formula is C25H37ClN2O4. The number of aliphatic hydroxyl groups is 1. The summed E-state index contributed by atoms with van der Waals surface area (Å²) in [6, 6.07) is 6.98. The van der Waals surface area contributed by atoms with Gasteiger partial charge >= 0.3 is 6.09 Å². The van der Waals surface area contributed by atoms with Crippen LogP contribution in [0.25, 0.3) is 0 Å². The first-order chi connectivity index (χ1) is 14.9. The fourth-order valence-electron chi connectivity index (χ4n) is 5.11. The number of nitrogens with one attached hydrogen (secondary N) is 1. The van der Waals surface area contributed by atoms with Gasteiger partial charge in [0.05, 0.1) is 18.1 Å². The monoisotopic (exact) mass is 464 g/mol. The number of alkyl carbamates (subject to hydrolysis) is 1. The van der Waals surface area contributed by atoms with Gasteiger partial charge in [0.15, 0.2) is 0 Å². The van der Waals surface area contributed by atoms with Crippen molar-refractivity contribution in [3.05, 3.63) is 34.9 Å². The minimum Gasteiger partial charge on any atom is -0.444 e. The van der Waals surface area contributed by atoms with Gasteiger partial charge in [-0.1, -0.05) is 50.4 Å². The van der Waals surface area contributed by atoms with Gasteiger partial charge in [0.2, 0.25) is 5.91 Å². The van der Waals surface area contributed by atoms with Crippen LogP contribution in [0.15, 0.2) is 24.3 Å². The highest BCUT2D eigenvalue weighted by Crippen LogP contribution is 2.46. The number of likely N-dealkylation sites (tertiary alicyclic amines) is 1. The van der Waals surface area contributed by atoms with Crippen molar-refractivity contribution in [3.63, 3.8) is 0 Å². The van der Waals surface area contributed by atoms with Crippen molar-refractivity contribution in [2.24, 2.45) is 11.3 Å². The summed E-state index contributed by atoms with van der Waals surface area (Å²) < 4.78 is 5.44. The first-order valence-electron chi connectivity index (χ1n) is 11.6. The van der Waals surface area contributed by atoms with E-state index in [-0.39, 0.29) is 23.9 Å². The quantitative estimate of drug-likeness (QED) is 0.653. The number of carbonyl (C=O) groups is 2. The summed E-state index contributed by atoms with van der Waals surface area (Å²) in [7, 11) is 0. The lowest BCUT2D eigenvalue weighted by Gasteiger charge is -2.51. The van der Waals surface area contributed by atoms with E-state index in [1.165, 1.54) is 0 Å². The number of carbonyl (C=O) groups excluding carboxylic acids is 2. The Bertz CT molecular complexity index is 818. The van der Waals surface area contributed by atoms with Crippen LogP contribution in [0, 0.1) is 11.3 Å². The van der Waals surface area contributed by atoms with Crippen molar-refractivity contribution in [2.45, 2.75) is 90.5 Å². The summed E-state index contributed by atoms with van der Waals surface area (Å²) >= 11 is 6.10. The average Bonchev–Trinajstić information content (AvgIpc) is 2.69. The van der Waals surface area contributed by atoms with Gasteiger partial charge in [0, 0.05) is 23.0 Å². The number of piperidine rings is 1. The van der Waals surface area contributed by atoms with Crippen LogP contribution in [0.3, 0.4) is 0 Å². The van der Waals surface area contributed by atoms with Crippen LogP contribution in [-0.2, 0) is 9.53 Å². The predicted octanol–water partition coefficient (Wildman–Crippen LogP) is 5.08. The van der Waals surface area contributed by atoms with Crippen molar-refractivity contribution in [1.82, 2.24) is 10.2 Å². The number of amides is 2. The second-order valence-electron chi connectivity index (χ2n) is 10.8. The van der Waals surface area contributed by atoms with E-state index in [4.69, 9.17) is 16.3 Å². The first-order valence-corrected chi connectivity index (χ1v) is 12.0. The molecule has 1 aliphatic carbocycles. The largest absolute Gasteiger partial charge is 0.444 e. The van der Waals surface area contributed by atoms with Crippen molar-refractivity contribution in [3.8, 4) is 0 Å². The summed E-state index contributed by atoms with van der Waals surface area (Å²) in [5.41, 5.74) is -0.158. The third kappa shape index (κ3) is 5.57. The minimum atomic E-state index is -0.592. The number of ether oxygens (including phenoxy) is 1. The Kier molecular flexibility index (Phi) is 7.45. The Balaban J connectivity index is 1.86. The Hall–Kier alpha value is -1.79. The molecule has 2 aliphatic rings. The van der Waals surface area contributed by atoms with Gasteiger partial charge in [0.25, 0.3) is 0 Å². The molecule has 1 saturated carbocycles. The lowest BCUT2D eigenvalue weighted by atomic mass is 9.70. The molecule has 7 heteroatoms. The fourth-order valence-corrected chi connectivity index (χ4v) is 5.24. The van der Waals surface area contributed by atoms with Gasteiger partial charge in [-0.3, -0.25) is 4.79 Å². The molecule has 0 bridgehead atoms. The molecule has 2 amide bonds. The van der Waals surface area contributed by atoms with Crippen molar-refractivity contribution < 1.29 is 19.4 Å². The molecule has 1 aromatic rings. The molecular weight excluding hydrogens is 428 g/mol. The molecule has 0 spiro atoms. The molecule has 4 atom stereocenters. The third-order valence-electron chi connectivity index (χ3n) is 6.77. The summed E-state index contributed by atoms with van der Waals surface area (Å²) in [4.78, 5) is 28.2. The zero-order valence-electron chi connectivity index (χ0n) is 19.9. The van der Waals surface area contributed by atoms with Crippen molar-refractivity contribution in [1.29, 1.82) is 0 Å². The smallest absolute Gasteiger partial charge is 0.407 e. The van der Waals surface area contributed by atoms with Crippen LogP contribution in [0.5, 0.6) is 0 Å². The molecule has 0 aromatic heterocycles. The maximum absolute atomic E-state index is 13.9. The normalized spacial score (nSPS) is 28.2. The number of hydrogen-bond acceptors (Lipinski definition) is 4. The standard InChI is InChI=1S/C25H37ClN2O4/c1-24(2,3)32-23(31)27-19-9-7-6-8-18(19)22(30)28-15-14-20(29)25(4,5)21(28)16-10-12-17(26)13-11-16/h10-13,18-21,29H,6-9,14-15H2,1-5H3,(H,27,31)/t18-,19+,20?,21-/m0/s1. The molecule has 2 fully saturated rings. The van der Waals surface area contributed by atoms with Crippen molar-refractivity contribution in [2.75, 3.05) is 6.54 Å². The predicted molar refractivity (Wildman–Crippen MR) is 125 cm³/mol. The molecule has 0 radical (unpaired) electrons. The van der Waals surface area contributed by atoms with Crippen LogP contribution in [-0.4, -0.2) is 46.3 Å². The summed E-state index contributed by atoms with van der Waals surface area (Å²) in [6.07, 6.45) is 2.93. The molecule has 6 nitrogen and oxygen atoms in total. The van der Waals surface area contributed by atoms with Gasteiger partial charge < -0.3 is 20.1 Å². The van der Waals surface area contributed by atoms with Gasteiger partial charge in [-0.2, -0.15) is 0 Å². The van der Waals surface area contributed by atoms with E-state index < -0.39 is 23.2 Å². The van der Waals surface area contributed by atoms with E-state index in [1.54, 1.807) is 0 Å². The van der Waals surface area contributed by atoms with Crippen LogP contribution in [0.4, 0.5) is 4.79 Å². The topological polar surface area (TPSA) is 78.9 Å². The van der Waals surface area contributed by atoms with Gasteiger partial charge in [-0.15, -0.1) is 0 Å². The van der Waals surface area contributed by atoms with E-state index in [1.807, 2.05) is 63.8 Å². The highest BCUT2D eigenvalue weighted by molar-refractivity contribution is 6.30. The van der Waals surface area contributed by atoms with E-state index in [9.17, 15) is 14.7 Å². The van der Waals surface area contributed by atoms with Crippen LogP contribution in [0.1, 0.15) is 78.3 Å². The summed E-state index contributed by atoms with van der Waals surface area (Å²) in [6.45, 7) is 9.98. The van der Waals surface area contributed by atoms with Crippen LogP contribution in [0.2, 0.25) is 5.02 Å². The lowest BCUT2D eigenvalue weighted by Crippen LogP contribution is -2.57. The van der Waals surface area contributed by atoms with Gasteiger partial charge in [-0.05, 0) is 57.7 Å². The van der Waals surface area contributed by atoms with Gasteiger partial charge in [0.1, 0.15) is 5.60 Å².